The summed E-state index contributed by atoms with van der Waals surface area (Å²) in [5, 5.41) is 0. The molecular weight excluding hydrogens is 282 g/mol. The zero-order valence-corrected chi connectivity index (χ0v) is 12.4. The number of nitrogen functional groups attached to an aromatic ring is 1. The fourth-order valence-electron chi connectivity index (χ4n) is 1.65. The summed E-state index contributed by atoms with van der Waals surface area (Å²) in [6, 6.07) is 0. The quantitative estimate of drug-likeness (QED) is 0.908. The van der Waals surface area contributed by atoms with Crippen molar-refractivity contribution in [1.29, 1.82) is 0 Å². The number of aromatic nitrogens is 2. The first-order valence-corrected chi connectivity index (χ1v) is 6.63. The van der Waals surface area contributed by atoms with E-state index in [4.69, 9.17) is 10.5 Å². The maximum atomic E-state index is 5.89. The van der Waals surface area contributed by atoms with Gasteiger partial charge in [0.1, 0.15) is 11.9 Å². The second-order valence-electron chi connectivity index (χ2n) is 4.46. The minimum absolute atomic E-state index is 0.0867. The Labute approximate surface area is 111 Å². The van der Waals surface area contributed by atoms with Crippen LogP contribution in [0, 0.1) is 5.92 Å². The molecule has 0 aliphatic rings. The van der Waals surface area contributed by atoms with Gasteiger partial charge in [0.25, 0.3) is 0 Å². The van der Waals surface area contributed by atoms with Crippen LogP contribution in [0.4, 0.5) is 5.82 Å². The average Bonchev–Trinajstić information content (AvgIpc) is 2.26. The number of methoxy groups -OCH3 is 1. The second-order valence-corrected chi connectivity index (χ2v) is 5.25. The normalized spacial score (nSPS) is 13.1. The van der Waals surface area contributed by atoms with Gasteiger partial charge >= 0.3 is 0 Å². The minimum atomic E-state index is -0.0867. The molecule has 5 heteroatoms. The molecule has 0 saturated carbocycles. The molecule has 0 spiro atoms. The molecule has 1 unspecified atom stereocenters. The molecular formula is C12H20BrN3O. The summed E-state index contributed by atoms with van der Waals surface area (Å²) in [4.78, 5) is 8.83. The van der Waals surface area contributed by atoms with E-state index in [2.05, 4.69) is 39.7 Å². The zero-order chi connectivity index (χ0) is 13.0. The molecule has 1 aromatic heterocycles. The van der Waals surface area contributed by atoms with Crippen molar-refractivity contribution in [2.45, 2.75) is 39.7 Å². The van der Waals surface area contributed by atoms with Gasteiger partial charge in [0.15, 0.2) is 5.82 Å². The van der Waals surface area contributed by atoms with Gasteiger partial charge in [0.2, 0.25) is 0 Å². The topological polar surface area (TPSA) is 61.0 Å². The van der Waals surface area contributed by atoms with Gasteiger partial charge in [-0.25, -0.2) is 9.97 Å². The van der Waals surface area contributed by atoms with Crippen LogP contribution in [0.3, 0.4) is 0 Å². The van der Waals surface area contributed by atoms with Crippen LogP contribution in [0.2, 0.25) is 0 Å². The Morgan fingerprint density at radius 3 is 2.47 bits per heavy atom. The number of ether oxygens (including phenoxy) is 1. The lowest BCUT2D eigenvalue weighted by molar-refractivity contribution is 0.0924. The van der Waals surface area contributed by atoms with Crippen molar-refractivity contribution < 1.29 is 4.74 Å². The molecule has 0 bridgehead atoms. The van der Waals surface area contributed by atoms with Crippen molar-refractivity contribution in [2.75, 3.05) is 12.8 Å². The Morgan fingerprint density at radius 2 is 2.00 bits per heavy atom. The van der Waals surface area contributed by atoms with Crippen molar-refractivity contribution in [3.8, 4) is 0 Å². The van der Waals surface area contributed by atoms with Crippen LogP contribution in [0.15, 0.2) is 4.47 Å². The smallest absolute Gasteiger partial charge is 0.159 e. The van der Waals surface area contributed by atoms with Gasteiger partial charge < -0.3 is 10.5 Å². The van der Waals surface area contributed by atoms with E-state index >= 15 is 0 Å². The first-order valence-electron chi connectivity index (χ1n) is 5.84. The highest BCUT2D eigenvalue weighted by atomic mass is 79.9. The highest BCUT2D eigenvalue weighted by molar-refractivity contribution is 9.10. The van der Waals surface area contributed by atoms with Gasteiger partial charge in [0, 0.05) is 7.11 Å². The molecule has 17 heavy (non-hydrogen) atoms. The highest BCUT2D eigenvalue weighted by Crippen LogP contribution is 2.26. The van der Waals surface area contributed by atoms with E-state index in [0.717, 1.165) is 23.0 Å². The van der Waals surface area contributed by atoms with Crippen molar-refractivity contribution >= 4 is 21.7 Å². The lowest BCUT2D eigenvalue weighted by Crippen LogP contribution is -2.12. The number of nitrogens with two attached hydrogens (primary N) is 1. The lowest BCUT2D eigenvalue weighted by Gasteiger charge is -2.15. The Kier molecular flexibility index (Phi) is 5.33. The SMILES string of the molecule is CCC(OC)c1nc(N)c(Br)c(CC(C)C)n1. The Balaban J connectivity index is 3.13. The van der Waals surface area contributed by atoms with E-state index < -0.39 is 0 Å². The number of nitrogens with zero attached hydrogens (tertiary/aromatic N) is 2. The summed E-state index contributed by atoms with van der Waals surface area (Å²) in [5.74, 6) is 1.68. The molecule has 1 atom stereocenters. The van der Waals surface area contributed by atoms with Gasteiger partial charge in [-0.3, -0.25) is 0 Å². The molecule has 4 nitrogen and oxygen atoms in total. The van der Waals surface area contributed by atoms with E-state index in [0.29, 0.717) is 17.6 Å². The number of anilines is 1. The van der Waals surface area contributed by atoms with Crippen LogP contribution in [0.25, 0.3) is 0 Å². The minimum Gasteiger partial charge on any atom is -0.383 e. The third-order valence-electron chi connectivity index (χ3n) is 2.51. The summed E-state index contributed by atoms with van der Waals surface area (Å²) in [6.45, 7) is 6.34. The van der Waals surface area contributed by atoms with E-state index in [1.165, 1.54) is 0 Å². The predicted molar refractivity (Wildman–Crippen MR) is 72.7 cm³/mol. The maximum absolute atomic E-state index is 5.89. The molecule has 1 aromatic rings. The van der Waals surface area contributed by atoms with Crippen LogP contribution in [-0.4, -0.2) is 17.1 Å². The van der Waals surface area contributed by atoms with Crippen molar-refractivity contribution in [1.82, 2.24) is 9.97 Å². The number of rotatable bonds is 5. The molecule has 1 rings (SSSR count). The van der Waals surface area contributed by atoms with Gasteiger partial charge in [-0.2, -0.15) is 0 Å². The fourth-order valence-corrected chi connectivity index (χ4v) is 1.99. The Morgan fingerprint density at radius 1 is 1.35 bits per heavy atom. The largest absolute Gasteiger partial charge is 0.383 e. The van der Waals surface area contributed by atoms with Gasteiger partial charge in [0.05, 0.1) is 10.2 Å². The molecule has 0 fully saturated rings. The third-order valence-corrected chi connectivity index (χ3v) is 3.37. The summed E-state index contributed by atoms with van der Waals surface area (Å²) in [7, 11) is 1.66. The van der Waals surface area contributed by atoms with Crippen LogP contribution in [0.1, 0.15) is 44.8 Å². The van der Waals surface area contributed by atoms with E-state index in [9.17, 15) is 0 Å². The molecule has 1 heterocycles. The van der Waals surface area contributed by atoms with Crippen LogP contribution >= 0.6 is 15.9 Å². The van der Waals surface area contributed by atoms with Crippen LogP contribution < -0.4 is 5.73 Å². The van der Waals surface area contributed by atoms with E-state index in [1.54, 1.807) is 7.11 Å². The summed E-state index contributed by atoms with van der Waals surface area (Å²) < 4.78 is 6.15. The monoisotopic (exact) mass is 301 g/mol. The van der Waals surface area contributed by atoms with Crippen LogP contribution in [-0.2, 0) is 11.2 Å². The second kappa shape index (κ2) is 6.31. The van der Waals surface area contributed by atoms with Gasteiger partial charge in [-0.1, -0.05) is 20.8 Å². The summed E-state index contributed by atoms with van der Waals surface area (Å²) >= 11 is 3.44. The predicted octanol–water partition coefficient (Wildman–Crippen LogP) is 3.12. The first kappa shape index (κ1) is 14.4. The first-order chi connectivity index (χ1) is 7.99. The third kappa shape index (κ3) is 3.64. The number of halogens is 1. The molecule has 0 saturated heterocycles. The van der Waals surface area contributed by atoms with Crippen molar-refractivity contribution in [3.05, 3.63) is 16.0 Å². The summed E-state index contributed by atoms with van der Waals surface area (Å²) in [5.41, 5.74) is 6.85. The molecule has 0 aliphatic carbocycles. The Hall–Kier alpha value is -0.680. The summed E-state index contributed by atoms with van der Waals surface area (Å²) in [6.07, 6.45) is 1.62. The molecule has 0 aromatic carbocycles. The average molecular weight is 302 g/mol. The van der Waals surface area contributed by atoms with Crippen molar-refractivity contribution in [3.63, 3.8) is 0 Å². The van der Waals surface area contributed by atoms with E-state index in [-0.39, 0.29) is 6.10 Å². The molecule has 0 radical (unpaired) electrons. The fraction of sp³-hybridized carbons (Fsp3) is 0.667. The molecule has 96 valence electrons. The van der Waals surface area contributed by atoms with Gasteiger partial charge in [-0.15, -0.1) is 0 Å². The highest BCUT2D eigenvalue weighted by Gasteiger charge is 2.17. The van der Waals surface area contributed by atoms with Crippen molar-refractivity contribution in [2.24, 2.45) is 5.92 Å². The number of hydrogen-bond acceptors (Lipinski definition) is 4. The standard InChI is InChI=1S/C12H20BrN3O/c1-5-9(17-4)12-15-8(6-7(2)3)10(13)11(14)16-12/h7,9H,5-6H2,1-4H3,(H2,14,15,16). The lowest BCUT2D eigenvalue weighted by atomic mass is 10.1. The van der Waals surface area contributed by atoms with Gasteiger partial charge in [-0.05, 0) is 34.7 Å². The maximum Gasteiger partial charge on any atom is 0.159 e. The number of hydrogen-bond donors (Lipinski definition) is 1. The molecule has 2 N–H and O–H groups in total. The zero-order valence-electron chi connectivity index (χ0n) is 10.8. The molecule has 0 aliphatic heterocycles. The Bertz CT molecular complexity index is 378. The van der Waals surface area contributed by atoms with E-state index in [1.807, 2.05) is 6.92 Å². The van der Waals surface area contributed by atoms with Crippen LogP contribution in [0.5, 0.6) is 0 Å². The molecule has 0 amide bonds.